The lowest BCUT2D eigenvalue weighted by molar-refractivity contribution is -0.138. The second kappa shape index (κ2) is 4.47. The van der Waals surface area contributed by atoms with Gasteiger partial charge >= 0.3 is 0 Å². The number of carbonyl (C=O) groups excluding carboxylic acids is 2. The smallest absolute Gasteiger partial charge is 0.288 e. The molecule has 16 heavy (non-hydrogen) atoms. The normalized spacial score (nSPS) is 16.6. The minimum atomic E-state index is -0.446. The number of benzene rings is 1. The van der Waals surface area contributed by atoms with Crippen molar-refractivity contribution in [2.45, 2.75) is 31.7 Å². The van der Waals surface area contributed by atoms with Gasteiger partial charge in [0.2, 0.25) is 5.78 Å². The molecule has 1 atom stereocenters. The minimum absolute atomic E-state index is 0.236. The number of nitrogens with one attached hydrogen (secondary N) is 1. The van der Waals surface area contributed by atoms with E-state index in [9.17, 15) is 9.59 Å². The Balaban J connectivity index is 2.00. The number of Topliss-reactive ketones (excluding diaryl/α,β-unsaturated/α-hetero) is 1. The predicted octanol–water partition coefficient (Wildman–Crippen LogP) is 1.64. The van der Waals surface area contributed by atoms with Crippen molar-refractivity contribution in [3.05, 3.63) is 35.9 Å². The van der Waals surface area contributed by atoms with Crippen LogP contribution in [0.3, 0.4) is 0 Å². The van der Waals surface area contributed by atoms with Crippen molar-refractivity contribution < 1.29 is 9.59 Å². The van der Waals surface area contributed by atoms with Crippen molar-refractivity contribution in [3.63, 3.8) is 0 Å². The van der Waals surface area contributed by atoms with E-state index in [1.807, 2.05) is 30.3 Å². The van der Waals surface area contributed by atoms with Crippen molar-refractivity contribution >= 4 is 11.7 Å². The number of amides is 1. The Morgan fingerprint density at radius 2 is 1.88 bits per heavy atom. The van der Waals surface area contributed by atoms with Crippen LogP contribution in [0, 0.1) is 0 Å². The van der Waals surface area contributed by atoms with Crippen LogP contribution in [0.25, 0.3) is 0 Å². The summed E-state index contributed by atoms with van der Waals surface area (Å²) in [4.78, 5) is 23.3. The maximum Gasteiger partial charge on any atom is 0.288 e. The summed E-state index contributed by atoms with van der Waals surface area (Å²) in [5, 5.41) is 2.72. The Kier molecular flexibility index (Phi) is 3.04. The maximum atomic E-state index is 11.8. The molecule has 1 aromatic rings. The van der Waals surface area contributed by atoms with Gasteiger partial charge in [0.05, 0.1) is 0 Å². The molecule has 84 valence electrons. The van der Waals surface area contributed by atoms with Crippen LogP contribution in [-0.2, 0) is 9.59 Å². The summed E-state index contributed by atoms with van der Waals surface area (Å²) in [7, 11) is 0. The third kappa shape index (κ3) is 2.48. The van der Waals surface area contributed by atoms with E-state index in [2.05, 4.69) is 5.32 Å². The number of hydrogen-bond acceptors (Lipinski definition) is 2. The molecule has 0 bridgehead atoms. The molecule has 0 heterocycles. The lowest BCUT2D eigenvalue weighted by atomic mass is 9.96. The molecule has 0 aromatic heterocycles. The molecule has 1 aliphatic rings. The Labute approximate surface area is 94.9 Å². The lowest BCUT2D eigenvalue weighted by Crippen LogP contribution is -2.35. The van der Waals surface area contributed by atoms with E-state index in [-0.39, 0.29) is 17.7 Å². The van der Waals surface area contributed by atoms with E-state index in [1.54, 1.807) is 6.92 Å². The highest BCUT2D eigenvalue weighted by Crippen LogP contribution is 2.20. The molecule has 0 spiro atoms. The number of hydrogen-bond donors (Lipinski definition) is 1. The molecule has 3 nitrogen and oxygen atoms in total. The van der Waals surface area contributed by atoms with Crippen LogP contribution in [-0.4, -0.2) is 17.7 Å². The quantitative estimate of drug-likeness (QED) is 0.779. The Morgan fingerprint density at radius 3 is 2.44 bits per heavy atom. The first-order valence-electron chi connectivity index (χ1n) is 5.58. The summed E-state index contributed by atoms with van der Waals surface area (Å²) in [5.41, 5.74) is 0.887. The van der Waals surface area contributed by atoms with E-state index in [1.165, 1.54) is 0 Å². The molecule has 1 aliphatic carbocycles. The first-order valence-corrected chi connectivity index (χ1v) is 5.58. The zero-order valence-electron chi connectivity index (χ0n) is 9.27. The molecule has 0 aliphatic heterocycles. The second-order valence-corrected chi connectivity index (χ2v) is 4.24. The van der Waals surface area contributed by atoms with Crippen molar-refractivity contribution in [1.82, 2.24) is 5.32 Å². The Bertz CT molecular complexity index is 396. The number of carbonyl (C=O) groups is 2. The van der Waals surface area contributed by atoms with Crippen molar-refractivity contribution in [2.75, 3.05) is 0 Å². The monoisotopic (exact) mass is 217 g/mol. The predicted molar refractivity (Wildman–Crippen MR) is 61.0 cm³/mol. The van der Waals surface area contributed by atoms with Gasteiger partial charge in [0.1, 0.15) is 0 Å². The van der Waals surface area contributed by atoms with Gasteiger partial charge in [-0.15, -0.1) is 0 Å². The van der Waals surface area contributed by atoms with Gasteiger partial charge in [0.25, 0.3) is 5.91 Å². The Hall–Kier alpha value is -1.64. The van der Waals surface area contributed by atoms with Crippen LogP contribution in [0.1, 0.15) is 31.2 Å². The average Bonchev–Trinajstić information content (AvgIpc) is 3.12. The van der Waals surface area contributed by atoms with Crippen LogP contribution < -0.4 is 5.32 Å². The molecule has 1 fully saturated rings. The van der Waals surface area contributed by atoms with Crippen molar-refractivity contribution in [3.8, 4) is 0 Å². The number of rotatable bonds is 4. The van der Waals surface area contributed by atoms with Gasteiger partial charge in [-0.1, -0.05) is 37.3 Å². The molecule has 1 unspecified atom stereocenters. The van der Waals surface area contributed by atoms with E-state index in [0.29, 0.717) is 0 Å². The molecule has 3 heteroatoms. The zero-order valence-corrected chi connectivity index (χ0v) is 9.27. The first-order chi connectivity index (χ1) is 7.68. The van der Waals surface area contributed by atoms with Crippen molar-refractivity contribution in [2.24, 2.45) is 0 Å². The standard InChI is InChI=1S/C13H15NO2/c1-9(10-5-3-2-4-6-10)12(15)13(16)14-11-7-8-11/h2-6,9,11H,7-8H2,1H3,(H,14,16). The summed E-state index contributed by atoms with van der Waals surface area (Å²) < 4.78 is 0. The van der Waals surface area contributed by atoms with Crippen LogP contribution >= 0.6 is 0 Å². The van der Waals surface area contributed by atoms with E-state index in [0.717, 1.165) is 18.4 Å². The summed E-state index contributed by atoms with van der Waals surface area (Å²) in [5.74, 6) is -1.16. The minimum Gasteiger partial charge on any atom is -0.347 e. The fraction of sp³-hybridized carbons (Fsp3) is 0.385. The Morgan fingerprint density at radius 1 is 1.25 bits per heavy atom. The van der Waals surface area contributed by atoms with E-state index < -0.39 is 5.91 Å². The molecule has 1 aromatic carbocycles. The fourth-order valence-electron chi connectivity index (χ4n) is 1.57. The molecular formula is C13H15NO2. The average molecular weight is 217 g/mol. The van der Waals surface area contributed by atoms with Gasteiger partial charge < -0.3 is 5.32 Å². The summed E-state index contributed by atoms with van der Waals surface area (Å²) in [6.45, 7) is 1.77. The third-order valence-corrected chi connectivity index (χ3v) is 2.83. The van der Waals surface area contributed by atoms with Gasteiger partial charge in [0, 0.05) is 12.0 Å². The molecule has 1 N–H and O–H groups in total. The van der Waals surface area contributed by atoms with Crippen LogP contribution in [0.5, 0.6) is 0 Å². The topological polar surface area (TPSA) is 46.2 Å². The van der Waals surface area contributed by atoms with Crippen LogP contribution in [0.4, 0.5) is 0 Å². The highest BCUT2D eigenvalue weighted by Gasteiger charge is 2.29. The lowest BCUT2D eigenvalue weighted by Gasteiger charge is -2.10. The van der Waals surface area contributed by atoms with Gasteiger partial charge in [0.15, 0.2) is 0 Å². The molecule has 2 rings (SSSR count). The fourth-order valence-corrected chi connectivity index (χ4v) is 1.57. The van der Waals surface area contributed by atoms with Crippen LogP contribution in [0.2, 0.25) is 0 Å². The molecule has 0 radical (unpaired) electrons. The van der Waals surface area contributed by atoms with Crippen LogP contribution in [0.15, 0.2) is 30.3 Å². The highest BCUT2D eigenvalue weighted by atomic mass is 16.2. The molecule has 0 saturated heterocycles. The first kappa shape index (κ1) is 10.9. The largest absolute Gasteiger partial charge is 0.347 e. The summed E-state index contributed by atoms with van der Waals surface area (Å²) in [6.07, 6.45) is 2.00. The second-order valence-electron chi connectivity index (χ2n) is 4.24. The van der Waals surface area contributed by atoms with E-state index >= 15 is 0 Å². The SMILES string of the molecule is CC(C(=O)C(=O)NC1CC1)c1ccccc1. The molecular weight excluding hydrogens is 202 g/mol. The summed E-state index contributed by atoms with van der Waals surface area (Å²) >= 11 is 0. The van der Waals surface area contributed by atoms with E-state index in [4.69, 9.17) is 0 Å². The van der Waals surface area contributed by atoms with Gasteiger partial charge in [-0.05, 0) is 18.4 Å². The molecule has 1 saturated carbocycles. The highest BCUT2D eigenvalue weighted by molar-refractivity contribution is 6.38. The van der Waals surface area contributed by atoms with Gasteiger partial charge in [-0.25, -0.2) is 0 Å². The summed E-state index contributed by atoms with van der Waals surface area (Å²) in [6, 6.07) is 9.61. The van der Waals surface area contributed by atoms with Gasteiger partial charge in [-0.2, -0.15) is 0 Å². The third-order valence-electron chi connectivity index (χ3n) is 2.83. The zero-order chi connectivity index (χ0) is 11.5. The number of ketones is 1. The molecule has 1 amide bonds. The van der Waals surface area contributed by atoms with Crippen molar-refractivity contribution in [1.29, 1.82) is 0 Å². The maximum absolute atomic E-state index is 11.8. The van der Waals surface area contributed by atoms with Gasteiger partial charge in [-0.3, -0.25) is 9.59 Å².